The maximum Gasteiger partial charge on any atom is 0.416 e. The quantitative estimate of drug-likeness (QED) is 0.0393. The molecule has 6 rings (SSSR count). The van der Waals surface area contributed by atoms with E-state index in [1.165, 1.54) is 31.4 Å². The predicted octanol–water partition coefficient (Wildman–Crippen LogP) is 15.2. The van der Waals surface area contributed by atoms with E-state index in [-0.39, 0.29) is 5.78 Å². The number of nitrogens with zero attached hydrogens (tertiary/aromatic N) is 1. The van der Waals surface area contributed by atoms with Crippen molar-refractivity contribution in [1.82, 2.24) is 0 Å². The number of hydrogen-bond acceptors (Lipinski definition) is 1. The Morgan fingerprint density at radius 1 is 0.372 bits per heavy atom. The Kier molecular flexibility index (Phi) is 18.0. The van der Waals surface area contributed by atoms with Crippen molar-refractivity contribution in [2.24, 2.45) is 0 Å². The lowest BCUT2D eigenvalue weighted by Crippen LogP contribution is -2.75. The zero-order valence-corrected chi connectivity index (χ0v) is 39.4. The molecule has 1 heterocycles. The van der Waals surface area contributed by atoms with E-state index in [1.54, 1.807) is 0 Å². The molecule has 0 atom stereocenters. The minimum absolute atomic E-state index is 0.168. The van der Waals surface area contributed by atoms with Crippen LogP contribution in [0.2, 0.25) is 0 Å². The Balaban J connectivity index is 0.000000443. The molecule has 0 aliphatic heterocycles. The number of aromatic nitrogens is 1. The smallest absolute Gasteiger partial charge is 0.287 e. The van der Waals surface area contributed by atoms with Gasteiger partial charge in [0.15, 0.2) is 11.9 Å². The number of ketones is 1. The normalized spacial score (nSPS) is 13.3. The van der Waals surface area contributed by atoms with E-state index in [9.17, 15) is 110 Å². The third-order valence-electron chi connectivity index (χ3n) is 12.2. The van der Waals surface area contributed by atoms with Crippen molar-refractivity contribution >= 4 is 33.8 Å². The van der Waals surface area contributed by atoms with E-state index in [0.717, 1.165) is 12.0 Å². The van der Waals surface area contributed by atoms with Crippen LogP contribution in [0.15, 0.2) is 128 Å². The van der Waals surface area contributed by atoms with Crippen molar-refractivity contribution in [3.8, 4) is 0 Å². The summed E-state index contributed by atoms with van der Waals surface area (Å²) in [4.78, 5) is 12.3. The zero-order chi connectivity index (χ0) is 58.8. The first kappa shape index (κ1) is 62.2. The van der Waals surface area contributed by atoms with Crippen LogP contribution in [-0.4, -0.2) is 11.9 Å². The van der Waals surface area contributed by atoms with Gasteiger partial charge in [0.1, 0.15) is 6.15 Å². The third-order valence-corrected chi connectivity index (χ3v) is 12.2. The topological polar surface area (TPSA) is 20.9 Å². The SMILES string of the molecule is CCCCCCc1cccc[n+]1CC(=O)c1ccccc1.FC(F)(F)c1cc([B-](c2cc(C(F)(F)F)cc(C(F)(F)F)c2)(c2cc(C(F)(F)F)cc(C(F)(F)F)c2)c2cc(C(F)(F)F)cc(C(F)(F)F)c2)cc(C(F)(F)F)c1. The number of hydrogen-bond donors (Lipinski definition) is 0. The van der Waals surface area contributed by atoms with Crippen LogP contribution in [-0.2, 0) is 62.4 Å². The van der Waals surface area contributed by atoms with Crippen molar-refractivity contribution in [3.05, 3.63) is 183 Å². The molecule has 422 valence electrons. The molecular formula is C51H36BF24NO. The summed E-state index contributed by atoms with van der Waals surface area (Å²) >= 11 is 0. The number of benzene rings is 5. The minimum atomic E-state index is -6.13. The fourth-order valence-corrected chi connectivity index (χ4v) is 8.57. The molecule has 78 heavy (non-hydrogen) atoms. The molecule has 0 saturated heterocycles. The van der Waals surface area contributed by atoms with Crippen molar-refractivity contribution in [2.45, 2.75) is 95.0 Å². The first-order valence-corrected chi connectivity index (χ1v) is 22.5. The van der Waals surface area contributed by atoms with Gasteiger partial charge in [0.05, 0.1) is 44.5 Å². The molecule has 0 N–H and O–H groups in total. The Labute approximate surface area is 426 Å². The number of carbonyl (C=O) groups is 1. The number of pyridine rings is 1. The van der Waals surface area contributed by atoms with Crippen molar-refractivity contribution in [2.75, 3.05) is 0 Å². The van der Waals surface area contributed by atoms with Gasteiger partial charge in [-0.25, -0.2) is 0 Å². The lowest BCUT2D eigenvalue weighted by Gasteiger charge is -2.46. The number of unbranched alkanes of at least 4 members (excludes halogenated alkanes) is 3. The summed E-state index contributed by atoms with van der Waals surface area (Å²) in [5.41, 5.74) is -28.2. The molecule has 2 nitrogen and oxygen atoms in total. The van der Waals surface area contributed by atoms with Gasteiger partial charge in [0.25, 0.3) is 0 Å². The van der Waals surface area contributed by atoms with Gasteiger partial charge in [-0.05, 0) is 30.7 Å². The van der Waals surface area contributed by atoms with Crippen LogP contribution in [0.5, 0.6) is 0 Å². The van der Waals surface area contributed by atoms with Gasteiger partial charge in [0.2, 0.25) is 12.3 Å². The van der Waals surface area contributed by atoms with E-state index in [2.05, 4.69) is 23.6 Å². The minimum Gasteiger partial charge on any atom is -0.287 e. The van der Waals surface area contributed by atoms with Gasteiger partial charge < -0.3 is 0 Å². The number of halogens is 24. The summed E-state index contributed by atoms with van der Waals surface area (Å²) in [7, 11) is 0. The molecule has 0 aliphatic rings. The van der Waals surface area contributed by atoms with E-state index in [4.69, 9.17) is 0 Å². The summed E-state index contributed by atoms with van der Waals surface area (Å²) < 4.78 is 343. The predicted molar refractivity (Wildman–Crippen MR) is 235 cm³/mol. The molecule has 0 fully saturated rings. The lowest BCUT2D eigenvalue weighted by atomic mass is 9.12. The maximum absolute atomic E-state index is 14.2. The lowest BCUT2D eigenvalue weighted by molar-refractivity contribution is -0.690. The van der Waals surface area contributed by atoms with E-state index >= 15 is 0 Å². The molecule has 0 amide bonds. The largest absolute Gasteiger partial charge is 0.416 e. The highest BCUT2D eigenvalue weighted by Crippen LogP contribution is 2.41. The first-order chi connectivity index (χ1) is 35.6. The fourth-order valence-electron chi connectivity index (χ4n) is 8.57. The average Bonchev–Trinajstić information content (AvgIpc) is 3.31. The summed E-state index contributed by atoms with van der Waals surface area (Å²) in [5, 5.41) is 0. The van der Waals surface area contributed by atoms with Crippen molar-refractivity contribution in [1.29, 1.82) is 0 Å². The van der Waals surface area contributed by atoms with E-state index in [0.29, 0.717) is 6.54 Å². The number of Topliss-reactive ketones (excluding diaryl/α,β-unsaturated/α-hetero) is 1. The molecule has 0 spiro atoms. The summed E-state index contributed by atoms with van der Waals surface area (Å²) in [6.07, 6.45) is -46.8. The first-order valence-electron chi connectivity index (χ1n) is 22.5. The van der Waals surface area contributed by atoms with Crippen molar-refractivity contribution < 1.29 is 115 Å². The molecule has 5 aromatic carbocycles. The Hall–Kier alpha value is -6.70. The van der Waals surface area contributed by atoms with E-state index < -0.39 is 195 Å². The number of alkyl halides is 24. The number of aryl methyl sites for hydroxylation is 1. The second kappa shape index (κ2) is 22.6. The van der Waals surface area contributed by atoms with E-state index in [1.807, 2.05) is 42.6 Å². The number of rotatable bonds is 12. The summed E-state index contributed by atoms with van der Waals surface area (Å²) in [6.45, 7) is 2.65. The van der Waals surface area contributed by atoms with Crippen LogP contribution in [0.4, 0.5) is 105 Å². The van der Waals surface area contributed by atoms with Crippen LogP contribution in [0.25, 0.3) is 0 Å². The molecule has 0 bridgehead atoms. The zero-order valence-electron chi connectivity index (χ0n) is 39.4. The fraction of sp³-hybridized carbons (Fsp3) is 0.294. The molecule has 0 aliphatic carbocycles. The second-order valence-electron chi connectivity index (χ2n) is 17.6. The highest BCUT2D eigenvalue weighted by molar-refractivity contribution is 7.20. The molecule has 0 saturated carbocycles. The van der Waals surface area contributed by atoms with Gasteiger partial charge >= 0.3 is 49.4 Å². The van der Waals surface area contributed by atoms with Crippen LogP contribution >= 0.6 is 0 Å². The molecule has 0 radical (unpaired) electrons. The number of carbonyl (C=O) groups excluding carboxylic acids is 1. The van der Waals surface area contributed by atoms with Gasteiger partial charge in [0, 0.05) is 24.1 Å². The Morgan fingerprint density at radius 3 is 0.923 bits per heavy atom. The van der Waals surface area contributed by atoms with Crippen molar-refractivity contribution in [3.63, 3.8) is 0 Å². The Morgan fingerprint density at radius 2 is 0.654 bits per heavy atom. The van der Waals surface area contributed by atoms with Crippen LogP contribution in [0, 0.1) is 0 Å². The third kappa shape index (κ3) is 15.1. The van der Waals surface area contributed by atoms with Gasteiger partial charge in [-0.2, -0.15) is 132 Å². The van der Waals surface area contributed by atoms with Gasteiger partial charge in [-0.15, -0.1) is 0 Å². The molecule has 6 aromatic rings. The summed E-state index contributed by atoms with van der Waals surface area (Å²) in [5.74, 6) is 0.168. The van der Waals surface area contributed by atoms with Crippen LogP contribution < -0.4 is 26.4 Å². The molecule has 1 aromatic heterocycles. The standard InChI is InChI=1S/C32H12BF24.C19H24NO/c34-25(35,36)13-1-14(26(37,38)39)6-21(5-13)33(22-7-15(27(40,41)42)2-16(8-22)28(43,44)45,23-9-17(29(46,47)48)3-18(10-23)30(49,50)51)24-11-19(31(52,53)54)4-20(12-24)32(55,56)57;1-2-3-4-8-13-18-14-9-10-15-20(18)16-19(21)17-11-6-5-7-12-17/h1-12H;5-7,9-12,14-15H,2-4,8,13,16H2,1H3/q-1;+1. The second-order valence-corrected chi connectivity index (χ2v) is 17.6. The molecule has 27 heteroatoms. The van der Waals surface area contributed by atoms with Gasteiger partial charge in [-0.3, -0.25) is 4.79 Å². The highest BCUT2D eigenvalue weighted by atomic mass is 19.4. The monoisotopic (exact) mass is 1150 g/mol. The average molecular weight is 1150 g/mol. The van der Waals surface area contributed by atoms with Crippen LogP contribution in [0.3, 0.4) is 0 Å². The summed E-state index contributed by atoms with van der Waals surface area (Å²) in [6, 6.07) is 6.89. The van der Waals surface area contributed by atoms with Crippen LogP contribution in [0.1, 0.15) is 93.2 Å². The Bertz CT molecular complexity index is 2610. The maximum atomic E-state index is 14.2. The van der Waals surface area contributed by atoms with Gasteiger partial charge in [-0.1, -0.05) is 111 Å². The molecular weight excluding hydrogens is 1110 g/mol. The highest BCUT2D eigenvalue weighted by Gasteiger charge is 2.47. The molecule has 0 unspecified atom stereocenters.